The second-order valence-corrected chi connectivity index (χ2v) is 8.39. The van der Waals surface area contributed by atoms with Crippen molar-refractivity contribution in [2.75, 3.05) is 17.6 Å². The maximum atomic E-state index is 12.7. The number of rotatable bonds is 8. The van der Waals surface area contributed by atoms with Gasteiger partial charge in [0.25, 0.3) is 5.91 Å². The fourth-order valence-electron chi connectivity index (χ4n) is 2.56. The minimum Gasteiger partial charge on any atom is -0.360 e. The van der Waals surface area contributed by atoms with E-state index in [1.165, 1.54) is 23.1 Å². The lowest BCUT2D eigenvalue weighted by Gasteiger charge is -2.22. The van der Waals surface area contributed by atoms with Crippen LogP contribution in [0, 0.1) is 0 Å². The molecule has 1 aliphatic heterocycles. The van der Waals surface area contributed by atoms with Crippen LogP contribution in [0.3, 0.4) is 0 Å². The van der Waals surface area contributed by atoms with Gasteiger partial charge in [-0.05, 0) is 18.9 Å². The largest absolute Gasteiger partial charge is 0.360 e. The number of imide groups is 1. The van der Waals surface area contributed by atoms with Crippen molar-refractivity contribution in [1.29, 1.82) is 0 Å². The van der Waals surface area contributed by atoms with Crippen LogP contribution >= 0.6 is 23.1 Å². The van der Waals surface area contributed by atoms with E-state index >= 15 is 0 Å². The zero-order chi connectivity index (χ0) is 20.1. The number of thioether (sulfide) groups is 1. The number of amides is 4. The maximum absolute atomic E-state index is 12.7. The first-order valence-electron chi connectivity index (χ1n) is 8.66. The summed E-state index contributed by atoms with van der Waals surface area (Å²) in [5.74, 6) is -1.02. The van der Waals surface area contributed by atoms with Crippen LogP contribution in [0.4, 0.5) is 9.93 Å². The quantitative estimate of drug-likeness (QED) is 0.441. The average molecular weight is 421 g/mol. The Morgan fingerprint density at radius 3 is 2.75 bits per heavy atom. The number of urea groups is 1. The Hall–Kier alpha value is -2.66. The van der Waals surface area contributed by atoms with Crippen molar-refractivity contribution in [3.63, 3.8) is 0 Å². The van der Waals surface area contributed by atoms with Gasteiger partial charge in [0.2, 0.25) is 11.0 Å². The number of carbonyl (C=O) groups is 3. The Labute approximate surface area is 170 Å². The van der Waals surface area contributed by atoms with E-state index in [4.69, 9.17) is 0 Å². The Morgan fingerprint density at radius 2 is 2.04 bits per heavy atom. The molecule has 2 aromatic rings. The molecule has 1 atom stereocenters. The van der Waals surface area contributed by atoms with Crippen molar-refractivity contribution < 1.29 is 14.4 Å². The number of carbonyl (C=O) groups excluding carboxylic acids is 3. The number of hydrazine groups is 1. The monoisotopic (exact) mass is 420 g/mol. The van der Waals surface area contributed by atoms with Gasteiger partial charge in [-0.2, -0.15) is 5.01 Å². The zero-order valence-electron chi connectivity index (χ0n) is 15.4. The fraction of sp³-hybridized carbons (Fsp3) is 0.353. The first-order valence-corrected chi connectivity index (χ1v) is 10.5. The molecule has 1 aromatic carbocycles. The van der Waals surface area contributed by atoms with Gasteiger partial charge in [-0.25, -0.2) is 4.79 Å². The Balaban J connectivity index is 1.57. The zero-order valence-corrected chi connectivity index (χ0v) is 17.0. The van der Waals surface area contributed by atoms with Gasteiger partial charge in [-0.15, -0.1) is 10.2 Å². The predicted molar refractivity (Wildman–Crippen MR) is 107 cm³/mol. The normalized spacial score (nSPS) is 18.9. The van der Waals surface area contributed by atoms with Crippen LogP contribution in [0.1, 0.15) is 25.8 Å². The highest BCUT2D eigenvalue weighted by Crippen LogP contribution is 2.28. The molecule has 0 aliphatic carbocycles. The average Bonchev–Trinajstić information content (AvgIpc) is 3.24. The maximum Gasteiger partial charge on any atom is 0.344 e. The lowest BCUT2D eigenvalue weighted by atomic mass is 9.92. The molecule has 3 N–H and O–H groups in total. The lowest BCUT2D eigenvalue weighted by Crippen LogP contribution is -2.48. The van der Waals surface area contributed by atoms with Gasteiger partial charge in [-0.1, -0.05) is 60.4 Å². The smallest absolute Gasteiger partial charge is 0.344 e. The summed E-state index contributed by atoms with van der Waals surface area (Å²) >= 11 is 2.53. The molecule has 4 amide bonds. The first kappa shape index (κ1) is 20.1. The third-order valence-corrected chi connectivity index (χ3v) is 6.05. The highest BCUT2D eigenvalue weighted by atomic mass is 32.2. The van der Waals surface area contributed by atoms with Crippen molar-refractivity contribution in [3.8, 4) is 0 Å². The van der Waals surface area contributed by atoms with Crippen molar-refractivity contribution in [1.82, 2.24) is 25.9 Å². The van der Waals surface area contributed by atoms with Crippen molar-refractivity contribution in [3.05, 3.63) is 35.9 Å². The highest BCUT2D eigenvalue weighted by Gasteiger charge is 2.49. The molecule has 0 bridgehead atoms. The van der Waals surface area contributed by atoms with Gasteiger partial charge < -0.3 is 10.6 Å². The fourth-order valence-corrected chi connectivity index (χ4v) is 4.13. The first-order chi connectivity index (χ1) is 13.4. The molecular weight excluding hydrogens is 400 g/mol. The van der Waals surface area contributed by atoms with E-state index in [9.17, 15) is 14.4 Å². The van der Waals surface area contributed by atoms with E-state index in [2.05, 4.69) is 26.3 Å². The van der Waals surface area contributed by atoms with Gasteiger partial charge in [-0.3, -0.25) is 15.0 Å². The number of nitrogens with zero attached hydrogens (tertiary/aromatic N) is 3. The van der Waals surface area contributed by atoms with Crippen LogP contribution in [0.25, 0.3) is 0 Å². The van der Waals surface area contributed by atoms with E-state index in [0.29, 0.717) is 15.0 Å². The van der Waals surface area contributed by atoms with E-state index in [1.54, 1.807) is 31.2 Å². The highest BCUT2D eigenvalue weighted by molar-refractivity contribution is 8.01. The SMILES string of the molecule is CCCNc1nnc(SCC(=O)NN2C(=O)NC(C)(c3ccccc3)C2=O)s1. The molecule has 9 nitrogen and oxygen atoms in total. The van der Waals surface area contributed by atoms with Crippen molar-refractivity contribution in [2.24, 2.45) is 0 Å². The standard InChI is InChI=1S/C17H20N6O3S2/c1-3-9-18-14-20-21-16(28-14)27-10-12(24)22-23-13(25)17(2,19-15(23)26)11-7-5-4-6-8-11/h4-8H,3,9-10H2,1-2H3,(H,18,20)(H,19,26)(H,22,24). The molecule has 1 fully saturated rings. The van der Waals surface area contributed by atoms with Crippen LogP contribution in [0.5, 0.6) is 0 Å². The van der Waals surface area contributed by atoms with Crippen LogP contribution in [0.15, 0.2) is 34.7 Å². The predicted octanol–water partition coefficient (Wildman–Crippen LogP) is 1.95. The summed E-state index contributed by atoms with van der Waals surface area (Å²) < 4.78 is 0.625. The summed E-state index contributed by atoms with van der Waals surface area (Å²) in [6.07, 6.45) is 0.971. The topological polar surface area (TPSA) is 116 Å². The molecule has 0 spiro atoms. The summed E-state index contributed by atoms with van der Waals surface area (Å²) in [6, 6.07) is 8.21. The van der Waals surface area contributed by atoms with Crippen molar-refractivity contribution >= 4 is 46.1 Å². The number of hydrogen-bond acceptors (Lipinski definition) is 8. The number of aromatic nitrogens is 2. The molecule has 148 valence electrons. The minimum absolute atomic E-state index is 0.00151. The van der Waals surface area contributed by atoms with Crippen LogP contribution in [-0.2, 0) is 15.1 Å². The minimum atomic E-state index is -1.22. The van der Waals surface area contributed by atoms with Gasteiger partial charge in [0.1, 0.15) is 5.54 Å². The molecule has 1 aromatic heterocycles. The molecule has 2 heterocycles. The van der Waals surface area contributed by atoms with E-state index < -0.39 is 23.4 Å². The second-order valence-electron chi connectivity index (χ2n) is 6.19. The third kappa shape index (κ3) is 4.25. The van der Waals surface area contributed by atoms with Crippen LogP contribution < -0.4 is 16.1 Å². The summed E-state index contributed by atoms with van der Waals surface area (Å²) in [5.41, 5.74) is 1.78. The molecule has 28 heavy (non-hydrogen) atoms. The number of hydrogen-bond donors (Lipinski definition) is 3. The Bertz CT molecular complexity index is 875. The molecular formula is C17H20N6O3S2. The third-order valence-electron chi connectivity index (χ3n) is 4.04. The second kappa shape index (κ2) is 8.57. The van der Waals surface area contributed by atoms with Crippen LogP contribution in [-0.4, -0.2) is 45.3 Å². The molecule has 11 heteroatoms. The molecule has 3 rings (SSSR count). The number of anilines is 1. The van der Waals surface area contributed by atoms with Gasteiger partial charge >= 0.3 is 6.03 Å². The van der Waals surface area contributed by atoms with E-state index in [1.807, 2.05) is 13.0 Å². The lowest BCUT2D eigenvalue weighted by molar-refractivity contribution is -0.138. The van der Waals surface area contributed by atoms with Gasteiger partial charge in [0, 0.05) is 6.54 Å². The van der Waals surface area contributed by atoms with Crippen molar-refractivity contribution in [2.45, 2.75) is 30.1 Å². The number of nitrogens with one attached hydrogen (secondary N) is 3. The number of benzene rings is 1. The molecule has 0 saturated carbocycles. The van der Waals surface area contributed by atoms with Gasteiger partial charge in [0.15, 0.2) is 4.34 Å². The summed E-state index contributed by atoms with van der Waals surface area (Å²) in [4.78, 5) is 37.2. The Kier molecular flexibility index (Phi) is 6.15. The van der Waals surface area contributed by atoms with Gasteiger partial charge in [0.05, 0.1) is 5.75 Å². The molecule has 1 saturated heterocycles. The summed E-state index contributed by atoms with van der Waals surface area (Å²) in [5, 5.41) is 15.2. The van der Waals surface area contributed by atoms with E-state index in [0.717, 1.165) is 18.0 Å². The Morgan fingerprint density at radius 1 is 1.29 bits per heavy atom. The van der Waals surface area contributed by atoms with E-state index in [-0.39, 0.29) is 5.75 Å². The molecule has 1 unspecified atom stereocenters. The summed E-state index contributed by atoms with van der Waals surface area (Å²) in [6.45, 7) is 4.45. The summed E-state index contributed by atoms with van der Waals surface area (Å²) in [7, 11) is 0. The van der Waals surface area contributed by atoms with Crippen LogP contribution in [0.2, 0.25) is 0 Å². The molecule has 0 radical (unpaired) electrons. The molecule has 1 aliphatic rings.